The third kappa shape index (κ3) is 6.47. The van der Waals surface area contributed by atoms with Gasteiger partial charge >= 0.3 is 11.9 Å². The number of hydrogen-bond acceptors (Lipinski definition) is 5. The summed E-state index contributed by atoms with van der Waals surface area (Å²) in [4.78, 5) is 21.5. The van der Waals surface area contributed by atoms with Crippen molar-refractivity contribution in [1.82, 2.24) is 5.32 Å². The zero-order valence-corrected chi connectivity index (χ0v) is 10.1. The van der Waals surface area contributed by atoms with E-state index in [1.54, 1.807) is 6.92 Å². The van der Waals surface area contributed by atoms with Crippen LogP contribution in [-0.2, 0) is 14.3 Å². The maximum atomic E-state index is 11.0. The van der Waals surface area contributed by atoms with E-state index in [4.69, 9.17) is 9.84 Å². The minimum Gasteiger partial charge on any atom is -0.480 e. The van der Waals surface area contributed by atoms with Gasteiger partial charge in [-0.05, 0) is 19.9 Å². The van der Waals surface area contributed by atoms with Crippen molar-refractivity contribution in [2.75, 3.05) is 18.9 Å². The maximum absolute atomic E-state index is 11.0. The molecule has 0 heterocycles. The highest BCUT2D eigenvalue weighted by atomic mass is 32.1. The lowest BCUT2D eigenvalue weighted by Crippen LogP contribution is -2.39. The standard InChI is InChI=1S/C10H17NO4S/c1-7(2)10(14)15-5-3-4-11-8(6-16)9(12)13/h8,11,16H,1,3-6H2,2H3,(H,12,13). The molecule has 0 aliphatic carbocycles. The summed E-state index contributed by atoms with van der Waals surface area (Å²) in [6.07, 6.45) is 0.552. The summed E-state index contributed by atoms with van der Waals surface area (Å²) < 4.78 is 4.83. The highest BCUT2D eigenvalue weighted by Crippen LogP contribution is 1.94. The lowest BCUT2D eigenvalue weighted by Gasteiger charge is -2.11. The molecule has 0 fully saturated rings. The van der Waals surface area contributed by atoms with Gasteiger partial charge in [-0.2, -0.15) is 12.6 Å². The number of thiol groups is 1. The molecule has 0 spiro atoms. The predicted molar refractivity (Wildman–Crippen MR) is 63.7 cm³/mol. The highest BCUT2D eigenvalue weighted by Gasteiger charge is 2.13. The first kappa shape index (κ1) is 15.0. The van der Waals surface area contributed by atoms with Gasteiger partial charge in [0.25, 0.3) is 0 Å². The smallest absolute Gasteiger partial charge is 0.333 e. The second-order valence-electron chi connectivity index (χ2n) is 3.30. The SMILES string of the molecule is C=C(C)C(=O)OCCCNC(CS)C(=O)O. The van der Waals surface area contributed by atoms with E-state index in [9.17, 15) is 9.59 Å². The van der Waals surface area contributed by atoms with Gasteiger partial charge in [0, 0.05) is 11.3 Å². The van der Waals surface area contributed by atoms with Gasteiger partial charge in [-0.3, -0.25) is 4.79 Å². The van der Waals surface area contributed by atoms with Crippen LogP contribution in [0.3, 0.4) is 0 Å². The summed E-state index contributed by atoms with van der Waals surface area (Å²) in [6.45, 7) is 5.72. The number of carboxylic acid groups (broad SMARTS) is 1. The van der Waals surface area contributed by atoms with Gasteiger partial charge < -0.3 is 15.2 Å². The van der Waals surface area contributed by atoms with Crippen LogP contribution in [0.2, 0.25) is 0 Å². The molecule has 1 atom stereocenters. The number of carboxylic acids is 1. The first-order valence-corrected chi connectivity index (χ1v) is 5.52. The highest BCUT2D eigenvalue weighted by molar-refractivity contribution is 7.80. The third-order valence-corrected chi connectivity index (χ3v) is 2.14. The summed E-state index contributed by atoms with van der Waals surface area (Å²) in [6, 6.07) is -0.667. The Hall–Kier alpha value is -1.01. The van der Waals surface area contributed by atoms with E-state index in [1.165, 1.54) is 0 Å². The fourth-order valence-electron chi connectivity index (χ4n) is 0.866. The molecular weight excluding hydrogens is 230 g/mol. The lowest BCUT2D eigenvalue weighted by atomic mass is 10.3. The third-order valence-electron chi connectivity index (χ3n) is 1.77. The van der Waals surface area contributed by atoms with E-state index in [1.807, 2.05) is 0 Å². The summed E-state index contributed by atoms with van der Waals surface area (Å²) in [7, 11) is 0. The van der Waals surface area contributed by atoms with Crippen molar-refractivity contribution in [3.63, 3.8) is 0 Å². The van der Waals surface area contributed by atoms with Crippen molar-refractivity contribution < 1.29 is 19.4 Å². The van der Waals surface area contributed by atoms with Crippen molar-refractivity contribution in [2.45, 2.75) is 19.4 Å². The van der Waals surface area contributed by atoms with Crippen LogP contribution in [0.4, 0.5) is 0 Å². The first-order chi connectivity index (χ1) is 7.49. The van der Waals surface area contributed by atoms with Crippen LogP contribution in [0, 0.1) is 0 Å². The molecule has 6 heteroatoms. The van der Waals surface area contributed by atoms with E-state index < -0.39 is 18.0 Å². The molecule has 0 aromatic heterocycles. The number of carbonyl (C=O) groups excluding carboxylic acids is 1. The van der Waals surface area contributed by atoms with Crippen LogP contribution in [0.1, 0.15) is 13.3 Å². The van der Waals surface area contributed by atoms with Gasteiger partial charge in [0.05, 0.1) is 6.61 Å². The van der Waals surface area contributed by atoms with E-state index in [-0.39, 0.29) is 12.4 Å². The molecule has 1 unspecified atom stereocenters. The number of nitrogens with one attached hydrogen (secondary N) is 1. The van der Waals surface area contributed by atoms with Crippen molar-refractivity contribution in [2.24, 2.45) is 0 Å². The number of carbonyl (C=O) groups is 2. The number of ether oxygens (including phenoxy) is 1. The number of aliphatic carboxylic acids is 1. The van der Waals surface area contributed by atoms with Gasteiger partial charge in [-0.1, -0.05) is 6.58 Å². The van der Waals surface area contributed by atoms with Crippen molar-refractivity contribution in [1.29, 1.82) is 0 Å². The molecule has 0 saturated carbocycles. The summed E-state index contributed by atoms with van der Waals surface area (Å²) >= 11 is 3.90. The normalized spacial score (nSPS) is 11.9. The molecule has 5 nitrogen and oxygen atoms in total. The Morgan fingerprint density at radius 3 is 2.62 bits per heavy atom. The van der Waals surface area contributed by atoms with E-state index >= 15 is 0 Å². The fraction of sp³-hybridized carbons (Fsp3) is 0.600. The van der Waals surface area contributed by atoms with Crippen LogP contribution in [0.15, 0.2) is 12.2 Å². The number of rotatable bonds is 8. The van der Waals surface area contributed by atoms with Crippen molar-refractivity contribution in [3.8, 4) is 0 Å². The molecule has 0 saturated heterocycles. The molecule has 0 bridgehead atoms. The second-order valence-corrected chi connectivity index (χ2v) is 3.66. The molecule has 0 aliphatic heterocycles. The van der Waals surface area contributed by atoms with Crippen LogP contribution in [0.25, 0.3) is 0 Å². The summed E-state index contributed by atoms with van der Waals surface area (Å²) in [5.41, 5.74) is 0.353. The zero-order chi connectivity index (χ0) is 12.6. The van der Waals surface area contributed by atoms with Crippen LogP contribution >= 0.6 is 12.6 Å². The minimum absolute atomic E-state index is 0.223. The molecule has 0 radical (unpaired) electrons. The van der Waals surface area contributed by atoms with Crippen molar-refractivity contribution in [3.05, 3.63) is 12.2 Å². The molecule has 0 aliphatic rings. The molecule has 0 rings (SSSR count). The van der Waals surface area contributed by atoms with E-state index in [0.29, 0.717) is 18.5 Å². The Kier molecular flexibility index (Phi) is 7.66. The van der Waals surface area contributed by atoms with E-state index in [0.717, 1.165) is 0 Å². The molecule has 0 amide bonds. The zero-order valence-electron chi connectivity index (χ0n) is 9.23. The first-order valence-electron chi connectivity index (χ1n) is 4.88. The minimum atomic E-state index is -0.936. The molecule has 92 valence electrons. The molecule has 0 aromatic rings. The fourth-order valence-corrected chi connectivity index (χ4v) is 1.15. The molecule has 2 N–H and O–H groups in total. The summed E-state index contributed by atoms with van der Waals surface area (Å²) in [5.74, 6) is -1.14. The average molecular weight is 247 g/mol. The maximum Gasteiger partial charge on any atom is 0.333 e. The Labute approximate surface area is 100 Å². The van der Waals surface area contributed by atoms with Crippen LogP contribution < -0.4 is 5.32 Å². The Morgan fingerprint density at radius 1 is 1.56 bits per heavy atom. The number of esters is 1. The lowest BCUT2D eigenvalue weighted by molar-refractivity contribution is -0.140. The van der Waals surface area contributed by atoms with Crippen LogP contribution in [0.5, 0.6) is 0 Å². The Balaban J connectivity index is 3.57. The second kappa shape index (κ2) is 8.18. The average Bonchev–Trinajstić information content (AvgIpc) is 2.22. The summed E-state index contributed by atoms with van der Waals surface area (Å²) in [5, 5.41) is 11.5. The van der Waals surface area contributed by atoms with Crippen LogP contribution in [-0.4, -0.2) is 42.0 Å². The van der Waals surface area contributed by atoms with Gasteiger partial charge in [0.1, 0.15) is 6.04 Å². The van der Waals surface area contributed by atoms with Gasteiger partial charge in [-0.15, -0.1) is 0 Å². The molecule has 16 heavy (non-hydrogen) atoms. The monoisotopic (exact) mass is 247 g/mol. The molecular formula is C10H17NO4S. The largest absolute Gasteiger partial charge is 0.480 e. The van der Waals surface area contributed by atoms with Gasteiger partial charge in [0.2, 0.25) is 0 Å². The number of hydrogen-bond donors (Lipinski definition) is 3. The van der Waals surface area contributed by atoms with Gasteiger partial charge in [0.15, 0.2) is 0 Å². The predicted octanol–water partition coefficient (Wildman–Crippen LogP) is 0.468. The van der Waals surface area contributed by atoms with Gasteiger partial charge in [-0.25, -0.2) is 4.79 Å². The molecule has 0 aromatic carbocycles. The van der Waals surface area contributed by atoms with E-state index in [2.05, 4.69) is 24.5 Å². The quantitative estimate of drug-likeness (QED) is 0.251. The Morgan fingerprint density at radius 2 is 2.19 bits per heavy atom. The Bertz CT molecular complexity index is 268. The van der Waals surface area contributed by atoms with Crippen molar-refractivity contribution >= 4 is 24.6 Å². The topological polar surface area (TPSA) is 75.6 Å².